The number of carbonyl (C=O) groups is 2. The van der Waals surface area contributed by atoms with Gasteiger partial charge in [-0.3, -0.25) is 9.59 Å². The summed E-state index contributed by atoms with van der Waals surface area (Å²) in [6.45, 7) is 0. The lowest BCUT2D eigenvalue weighted by Gasteiger charge is -2.06. The largest absolute Gasteiger partial charge is 0.369 e. The quantitative estimate of drug-likeness (QED) is 0.792. The minimum atomic E-state index is -0.240. The van der Waals surface area contributed by atoms with Gasteiger partial charge in [-0.05, 0) is 6.42 Å². The molecular weight excluding hydrogens is 224 g/mol. The van der Waals surface area contributed by atoms with Crippen LogP contribution >= 0.6 is 11.3 Å². The number of aldehydes is 1. The van der Waals surface area contributed by atoms with E-state index >= 15 is 0 Å². The van der Waals surface area contributed by atoms with Crippen LogP contribution in [0.5, 0.6) is 0 Å². The summed E-state index contributed by atoms with van der Waals surface area (Å²) in [4.78, 5) is 24.0. The summed E-state index contributed by atoms with van der Waals surface area (Å²) < 4.78 is 0. The van der Waals surface area contributed by atoms with Gasteiger partial charge in [-0.1, -0.05) is 24.3 Å². The number of rotatable bonds is 2. The fourth-order valence-corrected chi connectivity index (χ4v) is 1.52. The van der Waals surface area contributed by atoms with Gasteiger partial charge in [0.15, 0.2) is 11.3 Å². The number of primary amides is 1. The van der Waals surface area contributed by atoms with E-state index in [1.807, 2.05) is 24.3 Å². The molecule has 0 aromatic carbocycles. The Kier molecular flexibility index (Phi) is 5.15. The molecule has 0 saturated heterocycles. The Morgan fingerprint density at radius 1 is 1.56 bits per heavy atom. The normalized spacial score (nSPS) is 17.4. The van der Waals surface area contributed by atoms with Crippen molar-refractivity contribution in [1.29, 1.82) is 0 Å². The summed E-state index contributed by atoms with van der Waals surface area (Å²) in [5, 5.41) is 2.31. The monoisotopic (exact) mass is 236 g/mol. The minimum absolute atomic E-state index is 0.0741. The van der Waals surface area contributed by atoms with Crippen molar-refractivity contribution in [3.63, 3.8) is 0 Å². The van der Waals surface area contributed by atoms with Gasteiger partial charge in [-0.2, -0.15) is 0 Å². The van der Waals surface area contributed by atoms with Gasteiger partial charge in [-0.25, -0.2) is 4.98 Å². The van der Waals surface area contributed by atoms with Crippen LogP contribution in [-0.2, 0) is 4.79 Å². The molecule has 2 N–H and O–H groups in total. The molecule has 1 atom stereocenters. The topological polar surface area (TPSA) is 73.1 Å². The Morgan fingerprint density at radius 3 is 2.69 bits per heavy atom. The average molecular weight is 236 g/mol. The summed E-state index contributed by atoms with van der Waals surface area (Å²) in [5.41, 5.74) is 5.04. The third kappa shape index (κ3) is 4.18. The number of thiazole rings is 1. The van der Waals surface area contributed by atoms with Crippen LogP contribution in [0, 0.1) is 5.92 Å². The molecule has 16 heavy (non-hydrogen) atoms. The zero-order valence-corrected chi connectivity index (χ0v) is 9.39. The number of amides is 1. The first-order chi connectivity index (χ1) is 7.74. The molecule has 1 heterocycles. The molecule has 0 bridgehead atoms. The predicted octanol–water partition coefficient (Wildman–Crippen LogP) is 1.56. The highest BCUT2D eigenvalue weighted by Gasteiger charge is 2.09. The lowest BCUT2D eigenvalue weighted by Crippen LogP contribution is -2.21. The van der Waals surface area contributed by atoms with Gasteiger partial charge in [-0.15, -0.1) is 11.3 Å². The molecule has 1 aliphatic carbocycles. The highest BCUT2D eigenvalue weighted by atomic mass is 32.1. The molecule has 0 saturated carbocycles. The maximum Gasteiger partial charge on any atom is 0.224 e. The second-order valence-electron chi connectivity index (χ2n) is 3.05. The SMILES string of the molecule is NC(=O)C1C=CC=CC1.O=Cc1nccs1. The van der Waals surface area contributed by atoms with Gasteiger partial charge >= 0.3 is 0 Å². The maximum absolute atomic E-state index is 10.5. The lowest BCUT2D eigenvalue weighted by atomic mass is 10.0. The third-order valence-corrected chi connectivity index (χ3v) is 2.60. The van der Waals surface area contributed by atoms with Gasteiger partial charge in [0.2, 0.25) is 5.91 Å². The van der Waals surface area contributed by atoms with Crippen LogP contribution in [0.3, 0.4) is 0 Å². The summed E-state index contributed by atoms with van der Waals surface area (Å²) in [7, 11) is 0. The number of aromatic nitrogens is 1. The van der Waals surface area contributed by atoms with E-state index in [9.17, 15) is 9.59 Å². The summed E-state index contributed by atoms with van der Waals surface area (Å²) >= 11 is 1.34. The number of allylic oxidation sites excluding steroid dienone is 3. The first-order valence-electron chi connectivity index (χ1n) is 4.71. The number of nitrogens with zero attached hydrogens (tertiary/aromatic N) is 1. The van der Waals surface area contributed by atoms with Crippen molar-refractivity contribution in [2.24, 2.45) is 11.7 Å². The number of nitrogens with two attached hydrogens (primary N) is 1. The van der Waals surface area contributed by atoms with Crippen molar-refractivity contribution in [3.05, 3.63) is 40.9 Å². The molecule has 1 aromatic heterocycles. The molecule has 0 radical (unpaired) electrons. The zero-order chi connectivity index (χ0) is 11.8. The first kappa shape index (κ1) is 12.3. The summed E-state index contributed by atoms with van der Waals surface area (Å²) in [6.07, 6.45) is 10.6. The Balaban J connectivity index is 0.000000165. The van der Waals surface area contributed by atoms with Crippen molar-refractivity contribution in [2.75, 3.05) is 0 Å². The number of carbonyl (C=O) groups excluding carboxylic acids is 2. The van der Waals surface area contributed by atoms with Crippen LogP contribution < -0.4 is 5.73 Å². The molecule has 5 heteroatoms. The van der Waals surface area contributed by atoms with Crippen LogP contribution in [0.15, 0.2) is 35.9 Å². The molecule has 1 unspecified atom stereocenters. The van der Waals surface area contributed by atoms with Crippen LogP contribution in [0.4, 0.5) is 0 Å². The van der Waals surface area contributed by atoms with E-state index in [2.05, 4.69) is 4.98 Å². The van der Waals surface area contributed by atoms with E-state index in [0.29, 0.717) is 5.01 Å². The Labute approximate surface area is 97.5 Å². The van der Waals surface area contributed by atoms with E-state index in [4.69, 9.17) is 5.73 Å². The van der Waals surface area contributed by atoms with E-state index < -0.39 is 0 Å². The molecule has 1 amide bonds. The molecule has 4 nitrogen and oxygen atoms in total. The highest BCUT2D eigenvalue weighted by Crippen LogP contribution is 2.09. The van der Waals surface area contributed by atoms with Crippen molar-refractivity contribution in [2.45, 2.75) is 6.42 Å². The van der Waals surface area contributed by atoms with E-state index in [1.165, 1.54) is 11.3 Å². The summed E-state index contributed by atoms with van der Waals surface area (Å²) in [6, 6.07) is 0. The molecular formula is C11H12N2O2S. The highest BCUT2D eigenvalue weighted by molar-refractivity contribution is 7.11. The predicted molar refractivity (Wildman–Crippen MR) is 63.1 cm³/mol. The molecule has 84 valence electrons. The molecule has 1 aromatic rings. The second kappa shape index (κ2) is 6.68. The van der Waals surface area contributed by atoms with E-state index in [0.717, 1.165) is 12.7 Å². The van der Waals surface area contributed by atoms with Crippen molar-refractivity contribution >= 4 is 23.5 Å². The van der Waals surface area contributed by atoms with E-state index in [1.54, 1.807) is 11.6 Å². The van der Waals surface area contributed by atoms with Crippen molar-refractivity contribution in [1.82, 2.24) is 4.98 Å². The lowest BCUT2D eigenvalue weighted by molar-refractivity contribution is -0.120. The fourth-order valence-electron chi connectivity index (χ4n) is 1.08. The van der Waals surface area contributed by atoms with Gasteiger partial charge in [0.05, 0.1) is 5.92 Å². The molecule has 0 aliphatic heterocycles. The minimum Gasteiger partial charge on any atom is -0.369 e. The van der Waals surface area contributed by atoms with Gasteiger partial charge < -0.3 is 5.73 Å². The molecule has 0 fully saturated rings. The number of hydrogen-bond acceptors (Lipinski definition) is 4. The maximum atomic E-state index is 10.5. The van der Waals surface area contributed by atoms with Crippen LogP contribution in [0.1, 0.15) is 16.2 Å². The number of hydrogen-bond donors (Lipinski definition) is 1. The van der Waals surface area contributed by atoms with Gasteiger partial charge in [0.1, 0.15) is 0 Å². The molecule has 0 spiro atoms. The molecule has 1 aliphatic rings. The smallest absolute Gasteiger partial charge is 0.224 e. The first-order valence-corrected chi connectivity index (χ1v) is 5.59. The van der Waals surface area contributed by atoms with Crippen LogP contribution in [0.2, 0.25) is 0 Å². The Bertz CT molecular complexity index is 396. The Hall–Kier alpha value is -1.75. The fraction of sp³-hybridized carbons (Fsp3) is 0.182. The second-order valence-corrected chi connectivity index (χ2v) is 3.97. The summed E-state index contributed by atoms with van der Waals surface area (Å²) in [5.74, 6) is -0.314. The van der Waals surface area contributed by atoms with E-state index in [-0.39, 0.29) is 11.8 Å². The average Bonchev–Trinajstić information content (AvgIpc) is 2.84. The van der Waals surface area contributed by atoms with Crippen LogP contribution in [0.25, 0.3) is 0 Å². The van der Waals surface area contributed by atoms with Crippen molar-refractivity contribution < 1.29 is 9.59 Å². The molecule has 2 rings (SSSR count). The third-order valence-electron chi connectivity index (χ3n) is 1.90. The zero-order valence-electron chi connectivity index (χ0n) is 8.58. The standard InChI is InChI=1S/C7H9NO.C4H3NOS/c8-7(9)6-4-2-1-3-5-6;6-3-4-5-1-2-7-4/h1-4,6H,5H2,(H2,8,9);1-3H. The van der Waals surface area contributed by atoms with Gasteiger partial charge in [0, 0.05) is 11.6 Å². The van der Waals surface area contributed by atoms with Crippen molar-refractivity contribution in [3.8, 4) is 0 Å². The van der Waals surface area contributed by atoms with Gasteiger partial charge in [0.25, 0.3) is 0 Å². The van der Waals surface area contributed by atoms with Crippen LogP contribution in [-0.4, -0.2) is 17.2 Å². The Morgan fingerprint density at radius 2 is 2.38 bits per heavy atom.